The van der Waals surface area contributed by atoms with Crippen molar-refractivity contribution in [2.75, 3.05) is 18.8 Å². The molecule has 2 aliphatic heterocycles. The van der Waals surface area contributed by atoms with Gasteiger partial charge >= 0.3 is 6.03 Å². The summed E-state index contributed by atoms with van der Waals surface area (Å²) in [4.78, 5) is 26.2. The molecule has 0 radical (unpaired) electrons. The molecule has 0 aliphatic carbocycles. The number of nitrogens with one attached hydrogen (secondary N) is 2. The summed E-state index contributed by atoms with van der Waals surface area (Å²) in [6, 6.07) is 0.546. The second-order valence-electron chi connectivity index (χ2n) is 8.61. The van der Waals surface area contributed by atoms with Gasteiger partial charge in [-0.25, -0.2) is 4.79 Å². The van der Waals surface area contributed by atoms with Crippen molar-refractivity contribution in [1.29, 1.82) is 0 Å². The van der Waals surface area contributed by atoms with Crippen LogP contribution in [-0.2, 0) is 4.79 Å². The first-order valence-electron chi connectivity index (χ1n) is 10.3. The van der Waals surface area contributed by atoms with Crippen LogP contribution in [0.1, 0.15) is 66.2 Å². The number of carbonyl (C=O) groups is 2. The van der Waals surface area contributed by atoms with E-state index in [-0.39, 0.29) is 12.1 Å². The van der Waals surface area contributed by atoms with Gasteiger partial charge in [-0.05, 0) is 37.5 Å². The Morgan fingerprint density at radius 3 is 2.38 bits per heavy atom. The first-order chi connectivity index (χ1) is 12.4. The lowest BCUT2D eigenvalue weighted by Gasteiger charge is -2.25. The standard InChI is InChI=1S/C20H37N3O2S/c1-14(2)9-11-23(12-10-15(3)4)18(24)8-6-5-7-17-19-16(13-26-17)21-20(25)22-19/h14-17,19H,5-13H2,1-4H3,(H2,21,22,25)/t16-,17-,19-/m0/s1. The maximum Gasteiger partial charge on any atom is 0.315 e. The Labute approximate surface area is 163 Å². The van der Waals surface area contributed by atoms with E-state index in [2.05, 4.69) is 43.2 Å². The quantitative estimate of drug-likeness (QED) is 0.423. The molecule has 2 N–H and O–H groups in total. The largest absolute Gasteiger partial charge is 0.343 e. The van der Waals surface area contributed by atoms with Crippen LogP contribution in [0.15, 0.2) is 0 Å². The minimum Gasteiger partial charge on any atom is -0.343 e. The normalized spacial score (nSPS) is 24.7. The minimum atomic E-state index is -0.0218. The topological polar surface area (TPSA) is 61.4 Å². The second kappa shape index (κ2) is 10.4. The molecule has 2 saturated heterocycles. The van der Waals surface area contributed by atoms with E-state index in [0.29, 0.717) is 35.5 Å². The number of fused-ring (bicyclic) bond motifs is 1. The monoisotopic (exact) mass is 383 g/mol. The lowest BCUT2D eigenvalue weighted by Crippen LogP contribution is -2.36. The van der Waals surface area contributed by atoms with E-state index < -0.39 is 0 Å². The Morgan fingerprint density at radius 2 is 1.77 bits per heavy atom. The molecule has 0 unspecified atom stereocenters. The van der Waals surface area contributed by atoms with Crippen molar-refractivity contribution >= 4 is 23.7 Å². The smallest absolute Gasteiger partial charge is 0.315 e. The first kappa shape index (κ1) is 21.4. The van der Waals surface area contributed by atoms with Gasteiger partial charge in [0, 0.05) is 30.5 Å². The number of urea groups is 1. The maximum absolute atomic E-state index is 12.6. The molecular weight excluding hydrogens is 346 g/mol. The van der Waals surface area contributed by atoms with Crippen LogP contribution in [0.4, 0.5) is 4.79 Å². The van der Waals surface area contributed by atoms with E-state index >= 15 is 0 Å². The highest BCUT2D eigenvalue weighted by Gasteiger charge is 2.42. The van der Waals surface area contributed by atoms with Gasteiger partial charge in [-0.15, -0.1) is 0 Å². The third-order valence-electron chi connectivity index (χ3n) is 5.37. The Kier molecular flexibility index (Phi) is 8.58. The number of carbonyl (C=O) groups excluding carboxylic acids is 2. The van der Waals surface area contributed by atoms with E-state index in [1.165, 1.54) is 0 Å². The second-order valence-corrected chi connectivity index (χ2v) is 9.89. The van der Waals surface area contributed by atoms with Crippen molar-refractivity contribution in [3.05, 3.63) is 0 Å². The molecule has 5 nitrogen and oxygen atoms in total. The summed E-state index contributed by atoms with van der Waals surface area (Å²) in [5.41, 5.74) is 0. The van der Waals surface area contributed by atoms with Crippen LogP contribution in [0.2, 0.25) is 0 Å². The molecule has 0 saturated carbocycles. The third-order valence-corrected chi connectivity index (χ3v) is 6.88. The minimum absolute atomic E-state index is 0.0218. The summed E-state index contributed by atoms with van der Waals surface area (Å²) >= 11 is 1.95. The molecule has 0 bridgehead atoms. The highest BCUT2D eigenvalue weighted by molar-refractivity contribution is 8.00. The van der Waals surface area contributed by atoms with Gasteiger partial charge < -0.3 is 15.5 Å². The Morgan fingerprint density at radius 1 is 1.12 bits per heavy atom. The lowest BCUT2D eigenvalue weighted by molar-refractivity contribution is -0.131. The van der Waals surface area contributed by atoms with Crippen LogP contribution in [0, 0.1) is 11.8 Å². The van der Waals surface area contributed by atoms with Crippen LogP contribution in [-0.4, -0.2) is 53.0 Å². The third kappa shape index (κ3) is 6.67. The number of nitrogens with zero attached hydrogens (tertiary/aromatic N) is 1. The number of thioether (sulfide) groups is 1. The highest BCUT2D eigenvalue weighted by Crippen LogP contribution is 2.33. The predicted octanol–water partition coefficient (Wildman–Crippen LogP) is 3.63. The fourth-order valence-electron chi connectivity index (χ4n) is 3.61. The van der Waals surface area contributed by atoms with Crippen LogP contribution in [0.5, 0.6) is 0 Å². The molecule has 0 spiro atoms. The molecule has 6 heteroatoms. The van der Waals surface area contributed by atoms with E-state index in [4.69, 9.17) is 0 Å². The molecule has 2 aliphatic rings. The van der Waals surface area contributed by atoms with Gasteiger partial charge in [-0.1, -0.05) is 34.1 Å². The van der Waals surface area contributed by atoms with Gasteiger partial charge in [-0.3, -0.25) is 4.79 Å². The molecule has 150 valence electrons. The van der Waals surface area contributed by atoms with Crippen molar-refractivity contribution in [3.8, 4) is 0 Å². The van der Waals surface area contributed by atoms with Crippen molar-refractivity contribution in [3.63, 3.8) is 0 Å². The number of unbranched alkanes of at least 4 members (excludes halogenated alkanes) is 1. The molecule has 3 atom stereocenters. The van der Waals surface area contributed by atoms with Crippen LogP contribution in [0.25, 0.3) is 0 Å². The van der Waals surface area contributed by atoms with Gasteiger partial charge in [0.1, 0.15) is 0 Å². The van der Waals surface area contributed by atoms with Crippen LogP contribution in [0.3, 0.4) is 0 Å². The first-order valence-corrected chi connectivity index (χ1v) is 11.4. The molecule has 0 aromatic carbocycles. The summed E-state index contributed by atoms with van der Waals surface area (Å²) < 4.78 is 0. The molecule has 2 fully saturated rings. The maximum atomic E-state index is 12.6. The Balaban J connectivity index is 1.68. The van der Waals surface area contributed by atoms with Crippen molar-refractivity contribution in [2.45, 2.75) is 83.6 Å². The Bertz CT molecular complexity index is 458. The van der Waals surface area contributed by atoms with Gasteiger partial charge in [0.25, 0.3) is 0 Å². The highest BCUT2D eigenvalue weighted by atomic mass is 32.2. The SMILES string of the molecule is CC(C)CCN(CCC(C)C)C(=O)CCCC[C@@H]1SC[C@@H]2NC(=O)N[C@@H]21. The molecule has 0 aromatic heterocycles. The number of hydrogen-bond donors (Lipinski definition) is 2. The average Bonchev–Trinajstić information content (AvgIpc) is 3.10. The zero-order chi connectivity index (χ0) is 19.1. The summed E-state index contributed by atoms with van der Waals surface area (Å²) in [6.45, 7) is 10.7. The summed E-state index contributed by atoms with van der Waals surface area (Å²) in [5.74, 6) is 2.59. The van der Waals surface area contributed by atoms with Crippen LogP contribution >= 0.6 is 11.8 Å². The van der Waals surface area contributed by atoms with Crippen molar-refractivity contribution in [1.82, 2.24) is 15.5 Å². The van der Waals surface area contributed by atoms with Crippen molar-refractivity contribution < 1.29 is 9.59 Å². The Hall–Kier alpha value is -0.910. The fourth-order valence-corrected chi connectivity index (χ4v) is 5.16. The fraction of sp³-hybridized carbons (Fsp3) is 0.900. The molecule has 2 heterocycles. The lowest BCUT2D eigenvalue weighted by atomic mass is 10.0. The average molecular weight is 384 g/mol. The van der Waals surface area contributed by atoms with E-state index in [1.54, 1.807) is 0 Å². The molecule has 2 rings (SSSR count). The van der Waals surface area contributed by atoms with Gasteiger partial charge in [-0.2, -0.15) is 11.8 Å². The zero-order valence-corrected chi connectivity index (χ0v) is 17.7. The number of amides is 3. The number of rotatable bonds is 11. The van der Waals surface area contributed by atoms with Crippen LogP contribution < -0.4 is 10.6 Å². The van der Waals surface area contributed by atoms with E-state index in [1.807, 2.05) is 11.8 Å². The zero-order valence-electron chi connectivity index (χ0n) is 16.9. The molecule has 26 heavy (non-hydrogen) atoms. The molecule has 0 aromatic rings. The van der Waals surface area contributed by atoms with Gasteiger partial charge in [0.2, 0.25) is 5.91 Å². The van der Waals surface area contributed by atoms with Gasteiger partial charge in [0.15, 0.2) is 0 Å². The number of hydrogen-bond acceptors (Lipinski definition) is 3. The molecular formula is C20H37N3O2S. The van der Waals surface area contributed by atoms with E-state index in [9.17, 15) is 9.59 Å². The summed E-state index contributed by atoms with van der Waals surface area (Å²) in [6.07, 6.45) is 5.92. The van der Waals surface area contributed by atoms with E-state index in [0.717, 1.165) is 50.9 Å². The van der Waals surface area contributed by atoms with Gasteiger partial charge in [0.05, 0.1) is 12.1 Å². The molecule has 3 amide bonds. The van der Waals surface area contributed by atoms with Crippen molar-refractivity contribution in [2.24, 2.45) is 11.8 Å². The summed E-state index contributed by atoms with van der Waals surface area (Å²) in [5, 5.41) is 6.52. The summed E-state index contributed by atoms with van der Waals surface area (Å²) in [7, 11) is 0. The predicted molar refractivity (Wildman–Crippen MR) is 109 cm³/mol.